The molecule has 0 aliphatic heterocycles. The van der Waals surface area contributed by atoms with Gasteiger partial charge in [0.15, 0.2) is 0 Å². The Labute approximate surface area is 114 Å². The summed E-state index contributed by atoms with van der Waals surface area (Å²) in [4.78, 5) is 11.8. The molecule has 19 heavy (non-hydrogen) atoms. The average molecular weight is 262 g/mol. The number of ether oxygens (including phenoxy) is 1. The Hall–Kier alpha value is -1.55. The van der Waals surface area contributed by atoms with Crippen molar-refractivity contribution in [1.82, 2.24) is 5.32 Å². The second kappa shape index (κ2) is 6.57. The van der Waals surface area contributed by atoms with Gasteiger partial charge in [-0.1, -0.05) is 0 Å². The van der Waals surface area contributed by atoms with Gasteiger partial charge >= 0.3 is 0 Å². The highest BCUT2D eigenvalue weighted by molar-refractivity contribution is 5.92. The Kier molecular flexibility index (Phi) is 4.80. The molecule has 0 radical (unpaired) electrons. The molecule has 0 saturated heterocycles. The van der Waals surface area contributed by atoms with Gasteiger partial charge < -0.3 is 15.4 Å². The van der Waals surface area contributed by atoms with Gasteiger partial charge in [-0.2, -0.15) is 0 Å². The summed E-state index contributed by atoms with van der Waals surface area (Å²) in [6, 6.07) is 7.87. The van der Waals surface area contributed by atoms with E-state index in [0.29, 0.717) is 19.2 Å². The summed E-state index contributed by atoms with van der Waals surface area (Å²) >= 11 is 0. The quantitative estimate of drug-likeness (QED) is 0.793. The molecular weight excluding hydrogens is 240 g/mol. The van der Waals surface area contributed by atoms with Crippen LogP contribution in [0.4, 0.5) is 5.69 Å². The number of anilines is 1. The molecule has 104 valence electrons. The molecule has 1 atom stereocenters. The number of nitrogens with one attached hydrogen (secondary N) is 2. The number of carbonyl (C=O) groups is 1. The van der Waals surface area contributed by atoms with Crippen molar-refractivity contribution in [1.29, 1.82) is 0 Å². The van der Waals surface area contributed by atoms with Gasteiger partial charge in [0.2, 0.25) is 5.91 Å². The molecule has 1 unspecified atom stereocenters. The maximum absolute atomic E-state index is 11.8. The highest BCUT2D eigenvalue weighted by Gasteiger charge is 2.27. The minimum atomic E-state index is -0.00309. The topological polar surface area (TPSA) is 50.4 Å². The monoisotopic (exact) mass is 262 g/mol. The van der Waals surface area contributed by atoms with Crippen molar-refractivity contribution in [3.05, 3.63) is 24.3 Å². The van der Waals surface area contributed by atoms with Gasteiger partial charge in [-0.15, -0.1) is 0 Å². The number of benzene rings is 1. The molecule has 2 N–H and O–H groups in total. The van der Waals surface area contributed by atoms with E-state index in [9.17, 15) is 4.79 Å². The first-order valence-electron chi connectivity index (χ1n) is 6.95. The molecule has 1 aliphatic carbocycles. The lowest BCUT2D eigenvalue weighted by molar-refractivity contribution is -0.115. The lowest BCUT2D eigenvalue weighted by Gasteiger charge is -2.12. The van der Waals surface area contributed by atoms with Crippen LogP contribution in [0.1, 0.15) is 26.7 Å². The third kappa shape index (κ3) is 4.56. The Balaban J connectivity index is 1.74. The molecule has 0 spiro atoms. The smallest absolute Gasteiger partial charge is 0.238 e. The van der Waals surface area contributed by atoms with E-state index in [-0.39, 0.29) is 5.91 Å². The minimum Gasteiger partial charge on any atom is -0.494 e. The van der Waals surface area contributed by atoms with E-state index >= 15 is 0 Å². The standard InChI is InChI=1S/C15H22N2O2/c1-3-19-14-8-6-13(7-9-14)17-15(18)10-16-11(2)12-4-5-12/h6-9,11-12,16H,3-5,10H2,1-2H3,(H,17,18). The van der Waals surface area contributed by atoms with Crippen LogP contribution in [0, 0.1) is 5.92 Å². The Morgan fingerprint density at radius 1 is 1.37 bits per heavy atom. The van der Waals surface area contributed by atoms with Gasteiger partial charge in [-0.3, -0.25) is 4.79 Å². The van der Waals surface area contributed by atoms with Gasteiger partial charge in [-0.25, -0.2) is 0 Å². The highest BCUT2D eigenvalue weighted by atomic mass is 16.5. The van der Waals surface area contributed by atoms with Crippen molar-refractivity contribution in [2.75, 3.05) is 18.5 Å². The van der Waals surface area contributed by atoms with E-state index in [4.69, 9.17) is 4.74 Å². The van der Waals surface area contributed by atoms with Gasteiger partial charge in [-0.05, 0) is 56.9 Å². The molecule has 2 rings (SSSR count). The Morgan fingerprint density at radius 3 is 2.63 bits per heavy atom. The molecule has 1 aromatic rings. The summed E-state index contributed by atoms with van der Waals surface area (Å²) in [5.74, 6) is 1.58. The van der Waals surface area contributed by atoms with Gasteiger partial charge in [0, 0.05) is 11.7 Å². The molecule has 4 heteroatoms. The first kappa shape index (κ1) is 13.9. The maximum atomic E-state index is 11.8. The van der Waals surface area contributed by atoms with Gasteiger partial charge in [0.1, 0.15) is 5.75 Å². The van der Waals surface area contributed by atoms with Crippen LogP contribution in [0.25, 0.3) is 0 Å². The van der Waals surface area contributed by atoms with Crippen LogP contribution in [0.3, 0.4) is 0 Å². The van der Waals surface area contributed by atoms with Crippen LogP contribution in [0.15, 0.2) is 24.3 Å². The zero-order valence-corrected chi connectivity index (χ0v) is 11.6. The predicted octanol–water partition coefficient (Wildman–Crippen LogP) is 2.41. The average Bonchev–Trinajstić information content (AvgIpc) is 3.23. The lowest BCUT2D eigenvalue weighted by atomic mass is 10.2. The van der Waals surface area contributed by atoms with E-state index < -0.39 is 0 Å². The summed E-state index contributed by atoms with van der Waals surface area (Å²) in [5.41, 5.74) is 0.800. The fourth-order valence-electron chi connectivity index (χ4n) is 2.02. The van der Waals surface area contributed by atoms with Crippen molar-refractivity contribution in [2.24, 2.45) is 5.92 Å². The second-order valence-electron chi connectivity index (χ2n) is 5.01. The predicted molar refractivity (Wildman–Crippen MR) is 76.4 cm³/mol. The fraction of sp³-hybridized carbons (Fsp3) is 0.533. The van der Waals surface area contributed by atoms with E-state index in [0.717, 1.165) is 17.4 Å². The van der Waals surface area contributed by atoms with Gasteiger partial charge in [0.25, 0.3) is 0 Å². The molecular formula is C15H22N2O2. The van der Waals surface area contributed by atoms with Gasteiger partial charge in [0.05, 0.1) is 13.2 Å². The van der Waals surface area contributed by atoms with E-state index in [1.165, 1.54) is 12.8 Å². The number of hydrogen-bond acceptors (Lipinski definition) is 3. The number of rotatable bonds is 7. The van der Waals surface area contributed by atoms with Crippen LogP contribution >= 0.6 is 0 Å². The number of hydrogen-bond donors (Lipinski definition) is 2. The van der Waals surface area contributed by atoms with Crippen LogP contribution in [-0.2, 0) is 4.79 Å². The summed E-state index contributed by atoms with van der Waals surface area (Å²) in [5, 5.41) is 6.13. The van der Waals surface area contributed by atoms with Crippen LogP contribution < -0.4 is 15.4 Å². The minimum absolute atomic E-state index is 0.00309. The summed E-state index contributed by atoms with van der Waals surface area (Å²) in [7, 11) is 0. The Bertz CT molecular complexity index is 413. The van der Waals surface area contributed by atoms with Crippen molar-refractivity contribution in [3.63, 3.8) is 0 Å². The SMILES string of the molecule is CCOc1ccc(NC(=O)CNC(C)C2CC2)cc1. The van der Waals surface area contributed by atoms with Crippen LogP contribution in [-0.4, -0.2) is 25.1 Å². The highest BCUT2D eigenvalue weighted by Crippen LogP contribution is 2.32. The fourth-order valence-corrected chi connectivity index (χ4v) is 2.02. The number of amides is 1. The molecule has 4 nitrogen and oxygen atoms in total. The molecule has 0 aromatic heterocycles. The molecule has 1 amide bonds. The first-order chi connectivity index (χ1) is 9.19. The van der Waals surface area contributed by atoms with E-state index in [1.807, 2.05) is 31.2 Å². The van der Waals surface area contributed by atoms with Crippen molar-refractivity contribution >= 4 is 11.6 Å². The first-order valence-corrected chi connectivity index (χ1v) is 6.95. The van der Waals surface area contributed by atoms with Crippen LogP contribution in [0.2, 0.25) is 0 Å². The normalized spacial score (nSPS) is 15.9. The molecule has 1 fully saturated rings. The summed E-state index contributed by atoms with van der Waals surface area (Å²) in [6.07, 6.45) is 2.57. The maximum Gasteiger partial charge on any atom is 0.238 e. The third-order valence-electron chi connectivity index (χ3n) is 3.36. The largest absolute Gasteiger partial charge is 0.494 e. The van der Waals surface area contributed by atoms with E-state index in [1.54, 1.807) is 0 Å². The molecule has 1 aromatic carbocycles. The third-order valence-corrected chi connectivity index (χ3v) is 3.36. The molecule has 0 bridgehead atoms. The molecule has 1 saturated carbocycles. The summed E-state index contributed by atoms with van der Waals surface area (Å²) < 4.78 is 5.35. The molecule has 0 heterocycles. The summed E-state index contributed by atoms with van der Waals surface area (Å²) in [6.45, 7) is 5.10. The zero-order valence-electron chi connectivity index (χ0n) is 11.6. The van der Waals surface area contributed by atoms with E-state index in [2.05, 4.69) is 17.6 Å². The Morgan fingerprint density at radius 2 is 2.05 bits per heavy atom. The lowest BCUT2D eigenvalue weighted by Crippen LogP contribution is -2.35. The van der Waals surface area contributed by atoms with Crippen molar-refractivity contribution in [2.45, 2.75) is 32.7 Å². The van der Waals surface area contributed by atoms with Crippen molar-refractivity contribution < 1.29 is 9.53 Å². The zero-order chi connectivity index (χ0) is 13.7. The number of carbonyl (C=O) groups excluding carboxylic acids is 1. The molecule has 1 aliphatic rings. The van der Waals surface area contributed by atoms with Crippen molar-refractivity contribution in [3.8, 4) is 5.75 Å². The van der Waals surface area contributed by atoms with Crippen LogP contribution in [0.5, 0.6) is 5.75 Å². The second-order valence-corrected chi connectivity index (χ2v) is 5.01.